The van der Waals surface area contributed by atoms with E-state index in [1.807, 2.05) is 0 Å². The first-order chi connectivity index (χ1) is 10.8. The number of benzene rings is 1. The van der Waals surface area contributed by atoms with Gasteiger partial charge in [-0.3, -0.25) is 4.79 Å². The van der Waals surface area contributed by atoms with Gasteiger partial charge < -0.3 is 9.84 Å². The molecule has 1 saturated heterocycles. The van der Waals surface area contributed by atoms with Crippen LogP contribution in [0.4, 0.5) is 0 Å². The van der Waals surface area contributed by atoms with Crippen LogP contribution in [0.1, 0.15) is 35.7 Å². The molecule has 1 N–H and O–H groups in total. The molecule has 0 spiro atoms. The average Bonchev–Trinajstić information content (AvgIpc) is 2.98. The van der Waals surface area contributed by atoms with Crippen molar-refractivity contribution >= 4 is 22.0 Å². The second kappa shape index (κ2) is 6.67. The van der Waals surface area contributed by atoms with Gasteiger partial charge in [0.05, 0.1) is 17.1 Å². The Balaban J connectivity index is 2.42. The topological polar surface area (TPSA) is 101 Å². The molecule has 2 rings (SSSR count). The predicted molar refractivity (Wildman–Crippen MR) is 81.7 cm³/mol. The molecule has 7 nitrogen and oxygen atoms in total. The molecule has 8 heteroatoms. The third kappa shape index (κ3) is 3.37. The Labute approximate surface area is 134 Å². The van der Waals surface area contributed by atoms with Crippen LogP contribution >= 0.6 is 0 Å². The number of carboxylic acids is 1. The zero-order chi connectivity index (χ0) is 17.2. The van der Waals surface area contributed by atoms with Gasteiger partial charge in [-0.05, 0) is 44.4 Å². The zero-order valence-corrected chi connectivity index (χ0v) is 13.8. The van der Waals surface area contributed by atoms with E-state index in [4.69, 9.17) is 4.74 Å². The number of ether oxygens (including phenoxy) is 1. The van der Waals surface area contributed by atoms with Crippen molar-refractivity contribution in [2.75, 3.05) is 13.2 Å². The molecule has 0 radical (unpaired) electrons. The molecule has 1 heterocycles. The third-order valence-electron chi connectivity index (χ3n) is 3.80. The Kier molecular flexibility index (Phi) is 5.06. The summed E-state index contributed by atoms with van der Waals surface area (Å²) in [6.07, 6.45) is 0.776. The van der Waals surface area contributed by atoms with Crippen molar-refractivity contribution in [3.05, 3.63) is 29.3 Å². The van der Waals surface area contributed by atoms with Crippen LogP contribution in [0.15, 0.2) is 23.1 Å². The van der Waals surface area contributed by atoms with Gasteiger partial charge in [0.1, 0.15) is 6.04 Å². The lowest BCUT2D eigenvalue weighted by molar-refractivity contribution is -0.140. The first-order valence-corrected chi connectivity index (χ1v) is 8.75. The summed E-state index contributed by atoms with van der Waals surface area (Å²) in [7, 11) is -3.98. The summed E-state index contributed by atoms with van der Waals surface area (Å²) >= 11 is 0. The molecule has 1 fully saturated rings. The highest BCUT2D eigenvalue weighted by Gasteiger charge is 2.39. The molecule has 0 bridgehead atoms. The number of hydrogen-bond donors (Lipinski definition) is 1. The van der Waals surface area contributed by atoms with E-state index in [-0.39, 0.29) is 30.0 Å². The molecule has 0 aliphatic carbocycles. The zero-order valence-electron chi connectivity index (χ0n) is 13.0. The smallest absolute Gasteiger partial charge is 0.338 e. The van der Waals surface area contributed by atoms with E-state index in [0.29, 0.717) is 12.0 Å². The number of carbonyl (C=O) groups is 2. The summed E-state index contributed by atoms with van der Waals surface area (Å²) in [5, 5.41) is 9.17. The van der Waals surface area contributed by atoms with Crippen molar-refractivity contribution < 1.29 is 27.9 Å². The quantitative estimate of drug-likeness (QED) is 0.813. The largest absolute Gasteiger partial charge is 0.480 e. The Morgan fingerprint density at radius 3 is 2.70 bits per heavy atom. The second-order valence-electron chi connectivity index (χ2n) is 5.31. The Hall–Kier alpha value is -1.93. The maximum atomic E-state index is 12.7. The fraction of sp³-hybridized carbons (Fsp3) is 0.467. The van der Waals surface area contributed by atoms with E-state index in [0.717, 1.165) is 4.31 Å². The first-order valence-electron chi connectivity index (χ1n) is 7.31. The maximum Gasteiger partial charge on any atom is 0.338 e. The SMILES string of the molecule is CCOC(=O)c1cc(S(=O)(=O)N2CCC[C@@H]2C(=O)O)ccc1C. The lowest BCUT2D eigenvalue weighted by atomic mass is 10.1. The monoisotopic (exact) mass is 341 g/mol. The van der Waals surface area contributed by atoms with Crippen LogP contribution in [0.2, 0.25) is 0 Å². The van der Waals surface area contributed by atoms with Crippen molar-refractivity contribution in [3.63, 3.8) is 0 Å². The Morgan fingerprint density at radius 2 is 2.09 bits per heavy atom. The standard InChI is InChI=1S/C15H19NO6S/c1-3-22-15(19)12-9-11(7-6-10(12)2)23(20,21)16-8-4-5-13(16)14(17)18/h6-7,9,13H,3-5,8H2,1-2H3,(H,17,18)/t13-/m1/s1. The number of esters is 1. The number of hydrogen-bond acceptors (Lipinski definition) is 5. The highest BCUT2D eigenvalue weighted by atomic mass is 32.2. The van der Waals surface area contributed by atoms with Crippen LogP contribution in [0.25, 0.3) is 0 Å². The van der Waals surface area contributed by atoms with Gasteiger partial charge in [-0.15, -0.1) is 0 Å². The van der Waals surface area contributed by atoms with Crippen molar-refractivity contribution in [2.24, 2.45) is 0 Å². The molecule has 1 aromatic rings. The van der Waals surface area contributed by atoms with E-state index >= 15 is 0 Å². The molecular formula is C15H19NO6S. The van der Waals surface area contributed by atoms with E-state index < -0.39 is 28.0 Å². The highest BCUT2D eigenvalue weighted by molar-refractivity contribution is 7.89. The van der Waals surface area contributed by atoms with Gasteiger partial charge in [0.25, 0.3) is 0 Å². The molecule has 0 saturated carbocycles. The Morgan fingerprint density at radius 1 is 1.39 bits per heavy atom. The molecule has 126 valence electrons. The fourth-order valence-electron chi connectivity index (χ4n) is 2.60. The highest BCUT2D eigenvalue weighted by Crippen LogP contribution is 2.27. The first kappa shape index (κ1) is 17.4. The van der Waals surface area contributed by atoms with Gasteiger partial charge in [0, 0.05) is 6.54 Å². The average molecular weight is 341 g/mol. The lowest BCUT2D eigenvalue weighted by Gasteiger charge is -2.21. The molecule has 0 unspecified atom stereocenters. The van der Waals surface area contributed by atoms with Crippen molar-refractivity contribution in [1.29, 1.82) is 0 Å². The molecule has 0 amide bonds. The van der Waals surface area contributed by atoms with Crippen LogP contribution < -0.4 is 0 Å². The molecule has 1 aliphatic rings. The van der Waals surface area contributed by atoms with Gasteiger partial charge in [-0.1, -0.05) is 6.07 Å². The van der Waals surface area contributed by atoms with Crippen LogP contribution in [-0.4, -0.2) is 49.0 Å². The van der Waals surface area contributed by atoms with Crippen molar-refractivity contribution in [2.45, 2.75) is 37.6 Å². The molecule has 1 aromatic carbocycles. The minimum absolute atomic E-state index is 0.0979. The fourth-order valence-corrected chi connectivity index (χ4v) is 4.28. The number of carbonyl (C=O) groups excluding carboxylic acids is 1. The number of aliphatic carboxylic acids is 1. The normalized spacial score (nSPS) is 18.8. The molecule has 1 atom stereocenters. The second-order valence-corrected chi connectivity index (χ2v) is 7.20. The number of carboxylic acid groups (broad SMARTS) is 1. The van der Waals surface area contributed by atoms with Crippen LogP contribution in [0.3, 0.4) is 0 Å². The molecule has 1 aliphatic heterocycles. The number of nitrogens with zero attached hydrogens (tertiary/aromatic N) is 1. The lowest BCUT2D eigenvalue weighted by Crippen LogP contribution is -2.40. The van der Waals surface area contributed by atoms with Crippen molar-refractivity contribution in [3.8, 4) is 0 Å². The van der Waals surface area contributed by atoms with Crippen molar-refractivity contribution in [1.82, 2.24) is 4.31 Å². The third-order valence-corrected chi connectivity index (χ3v) is 5.70. The predicted octanol–water partition coefficient (Wildman–Crippen LogP) is 1.41. The summed E-state index contributed by atoms with van der Waals surface area (Å²) in [5.74, 6) is -1.76. The van der Waals surface area contributed by atoms with Gasteiger partial charge in [0.15, 0.2) is 0 Å². The maximum absolute atomic E-state index is 12.7. The van der Waals surface area contributed by atoms with E-state index in [1.54, 1.807) is 13.8 Å². The minimum Gasteiger partial charge on any atom is -0.480 e. The van der Waals surface area contributed by atoms with Gasteiger partial charge in [-0.2, -0.15) is 4.31 Å². The van der Waals surface area contributed by atoms with Gasteiger partial charge in [0.2, 0.25) is 10.0 Å². The summed E-state index contributed by atoms with van der Waals surface area (Å²) in [6.45, 7) is 3.68. The summed E-state index contributed by atoms with van der Waals surface area (Å²) < 4.78 is 31.3. The minimum atomic E-state index is -3.98. The number of rotatable bonds is 5. The van der Waals surface area contributed by atoms with E-state index in [9.17, 15) is 23.1 Å². The number of aryl methyl sites for hydroxylation is 1. The Bertz CT molecular complexity index is 727. The number of sulfonamides is 1. The van der Waals surface area contributed by atoms with Crippen LogP contribution in [0.5, 0.6) is 0 Å². The van der Waals surface area contributed by atoms with E-state index in [1.165, 1.54) is 18.2 Å². The van der Waals surface area contributed by atoms with E-state index in [2.05, 4.69) is 0 Å². The van der Waals surface area contributed by atoms with Crippen LogP contribution in [-0.2, 0) is 19.6 Å². The summed E-state index contributed by atoms with van der Waals surface area (Å²) in [5.41, 5.74) is 0.762. The van der Waals surface area contributed by atoms with Crippen LogP contribution in [0, 0.1) is 6.92 Å². The molecular weight excluding hydrogens is 322 g/mol. The van der Waals surface area contributed by atoms with Gasteiger partial charge in [-0.25, -0.2) is 13.2 Å². The molecule has 0 aromatic heterocycles. The van der Waals surface area contributed by atoms with Gasteiger partial charge >= 0.3 is 11.9 Å². The summed E-state index contributed by atoms with van der Waals surface area (Å²) in [6, 6.07) is 3.09. The summed E-state index contributed by atoms with van der Waals surface area (Å²) in [4.78, 5) is 23.0. The molecule has 23 heavy (non-hydrogen) atoms.